The van der Waals surface area contributed by atoms with Crippen molar-refractivity contribution in [3.05, 3.63) is 58.4 Å². The van der Waals surface area contributed by atoms with E-state index in [4.69, 9.17) is 9.47 Å². The van der Waals surface area contributed by atoms with Crippen molar-refractivity contribution in [3.63, 3.8) is 0 Å². The van der Waals surface area contributed by atoms with Gasteiger partial charge in [-0.25, -0.2) is 9.18 Å². The first-order valence-corrected chi connectivity index (χ1v) is 7.96. The molecule has 0 heterocycles. The topological polar surface area (TPSA) is 44.8 Å². The lowest BCUT2D eigenvalue weighted by atomic mass is 10.1. The summed E-state index contributed by atoms with van der Waals surface area (Å²) in [5, 5.41) is 0. The molecule has 0 radical (unpaired) electrons. The highest BCUT2D eigenvalue weighted by Gasteiger charge is 2.14. The Kier molecular flexibility index (Phi) is 6.09. The monoisotopic (exact) mass is 350 g/mol. The fourth-order valence-electron chi connectivity index (χ4n) is 2.26. The number of benzene rings is 2. The van der Waals surface area contributed by atoms with Gasteiger partial charge in [0.05, 0.1) is 7.11 Å². The summed E-state index contributed by atoms with van der Waals surface area (Å²) in [6, 6.07) is 8.34. The first kappa shape index (κ1) is 18.1. The SMILES string of the molecule is COC(=O)Oc1cccc(CS)c1COc1cc(F)c(C)cc1C. The molecular formula is C18H19FO4S. The number of ether oxygens (including phenoxy) is 3. The lowest BCUT2D eigenvalue weighted by Crippen LogP contribution is -2.11. The van der Waals surface area contributed by atoms with Gasteiger partial charge in [0.1, 0.15) is 23.9 Å². The molecule has 0 saturated heterocycles. The lowest BCUT2D eigenvalue weighted by Gasteiger charge is -2.15. The van der Waals surface area contributed by atoms with Crippen molar-refractivity contribution in [2.45, 2.75) is 26.2 Å². The van der Waals surface area contributed by atoms with Gasteiger partial charge in [0.2, 0.25) is 0 Å². The highest BCUT2D eigenvalue weighted by molar-refractivity contribution is 7.79. The van der Waals surface area contributed by atoms with Gasteiger partial charge in [-0.15, -0.1) is 0 Å². The minimum Gasteiger partial charge on any atom is -0.488 e. The Morgan fingerprint density at radius 1 is 1.17 bits per heavy atom. The van der Waals surface area contributed by atoms with E-state index in [0.717, 1.165) is 11.1 Å². The van der Waals surface area contributed by atoms with Crippen LogP contribution in [0.25, 0.3) is 0 Å². The van der Waals surface area contributed by atoms with Crippen molar-refractivity contribution in [2.24, 2.45) is 0 Å². The van der Waals surface area contributed by atoms with Crippen LogP contribution in [0.4, 0.5) is 9.18 Å². The van der Waals surface area contributed by atoms with E-state index in [2.05, 4.69) is 17.4 Å². The number of carbonyl (C=O) groups excluding carboxylic acids is 1. The van der Waals surface area contributed by atoms with Gasteiger partial charge >= 0.3 is 6.16 Å². The molecule has 2 rings (SSSR count). The summed E-state index contributed by atoms with van der Waals surface area (Å²) < 4.78 is 29.2. The molecular weight excluding hydrogens is 331 g/mol. The molecule has 6 heteroatoms. The van der Waals surface area contributed by atoms with Gasteiger partial charge in [-0.2, -0.15) is 12.6 Å². The summed E-state index contributed by atoms with van der Waals surface area (Å²) in [6.45, 7) is 3.66. The molecule has 0 aromatic heterocycles. The van der Waals surface area contributed by atoms with Crippen molar-refractivity contribution < 1.29 is 23.4 Å². The number of carbonyl (C=O) groups is 1. The van der Waals surface area contributed by atoms with Gasteiger partial charge in [0, 0.05) is 17.4 Å². The summed E-state index contributed by atoms with van der Waals surface area (Å²) >= 11 is 4.28. The van der Waals surface area contributed by atoms with Crippen LogP contribution in [0, 0.1) is 19.7 Å². The minimum absolute atomic E-state index is 0.117. The number of rotatable bonds is 5. The van der Waals surface area contributed by atoms with Crippen molar-refractivity contribution in [3.8, 4) is 11.5 Å². The molecule has 24 heavy (non-hydrogen) atoms. The van der Waals surface area contributed by atoms with E-state index in [9.17, 15) is 9.18 Å². The predicted molar refractivity (Wildman–Crippen MR) is 92.4 cm³/mol. The van der Waals surface area contributed by atoms with Crippen LogP contribution in [0.5, 0.6) is 11.5 Å². The maximum absolute atomic E-state index is 13.7. The highest BCUT2D eigenvalue weighted by Crippen LogP contribution is 2.28. The standard InChI is InChI=1S/C18H19FO4S/c1-11-7-12(2)17(8-15(11)19)22-9-14-13(10-24)5-4-6-16(14)23-18(20)21-3/h4-8,24H,9-10H2,1-3H3. The lowest BCUT2D eigenvalue weighted by molar-refractivity contribution is 0.120. The molecule has 0 aliphatic carbocycles. The number of hydrogen-bond acceptors (Lipinski definition) is 5. The van der Waals surface area contributed by atoms with Gasteiger partial charge < -0.3 is 14.2 Å². The minimum atomic E-state index is -0.815. The number of aryl methyl sites for hydroxylation is 2. The Balaban J connectivity index is 2.28. The summed E-state index contributed by atoms with van der Waals surface area (Å²) in [6.07, 6.45) is -0.815. The van der Waals surface area contributed by atoms with Crippen LogP contribution in [0.3, 0.4) is 0 Å². The molecule has 0 unspecified atom stereocenters. The van der Waals surface area contributed by atoms with Gasteiger partial charge in [0.15, 0.2) is 0 Å². The van der Waals surface area contributed by atoms with E-state index < -0.39 is 6.16 Å². The molecule has 128 valence electrons. The van der Waals surface area contributed by atoms with Crippen LogP contribution in [-0.2, 0) is 17.1 Å². The fourth-order valence-corrected chi connectivity index (χ4v) is 2.56. The number of hydrogen-bond donors (Lipinski definition) is 1. The Morgan fingerprint density at radius 2 is 1.92 bits per heavy atom. The van der Waals surface area contributed by atoms with Crippen molar-refractivity contribution in [1.82, 2.24) is 0 Å². The van der Waals surface area contributed by atoms with Crippen LogP contribution >= 0.6 is 12.6 Å². The van der Waals surface area contributed by atoms with E-state index in [1.165, 1.54) is 13.2 Å². The zero-order chi connectivity index (χ0) is 17.7. The molecule has 2 aromatic rings. The summed E-state index contributed by atoms with van der Waals surface area (Å²) in [7, 11) is 1.24. The van der Waals surface area contributed by atoms with Crippen LogP contribution in [0.1, 0.15) is 22.3 Å². The average molecular weight is 350 g/mol. The van der Waals surface area contributed by atoms with Crippen LogP contribution in [0.15, 0.2) is 30.3 Å². The number of methoxy groups -OCH3 is 1. The molecule has 0 N–H and O–H groups in total. The third-order valence-electron chi connectivity index (χ3n) is 3.59. The van der Waals surface area contributed by atoms with Gasteiger partial charge in [-0.3, -0.25) is 0 Å². The third-order valence-corrected chi connectivity index (χ3v) is 3.93. The van der Waals surface area contributed by atoms with E-state index in [-0.39, 0.29) is 12.4 Å². The first-order valence-electron chi connectivity index (χ1n) is 7.33. The molecule has 0 atom stereocenters. The van der Waals surface area contributed by atoms with E-state index in [1.54, 1.807) is 25.1 Å². The van der Waals surface area contributed by atoms with Crippen molar-refractivity contribution in [2.75, 3.05) is 7.11 Å². The summed E-state index contributed by atoms with van der Waals surface area (Å²) in [5.41, 5.74) is 2.90. The average Bonchev–Trinajstić information content (AvgIpc) is 2.57. The maximum atomic E-state index is 13.7. The third kappa shape index (κ3) is 4.20. The second-order valence-electron chi connectivity index (χ2n) is 5.26. The Hall–Kier alpha value is -2.21. The molecule has 0 amide bonds. The van der Waals surface area contributed by atoms with Crippen LogP contribution < -0.4 is 9.47 Å². The fraction of sp³-hybridized carbons (Fsp3) is 0.278. The van der Waals surface area contributed by atoms with Crippen molar-refractivity contribution >= 4 is 18.8 Å². The molecule has 2 aromatic carbocycles. The normalized spacial score (nSPS) is 10.4. The summed E-state index contributed by atoms with van der Waals surface area (Å²) in [4.78, 5) is 11.4. The smallest absolute Gasteiger partial charge is 0.488 e. The first-order chi connectivity index (χ1) is 11.5. The molecule has 0 aliphatic rings. The Labute approximate surface area is 146 Å². The molecule has 0 bridgehead atoms. The van der Waals surface area contributed by atoms with E-state index in [0.29, 0.717) is 28.4 Å². The van der Waals surface area contributed by atoms with Gasteiger partial charge in [0.25, 0.3) is 0 Å². The van der Waals surface area contributed by atoms with E-state index >= 15 is 0 Å². The quantitative estimate of drug-likeness (QED) is 0.486. The molecule has 0 saturated carbocycles. The van der Waals surface area contributed by atoms with Gasteiger partial charge in [-0.1, -0.05) is 12.1 Å². The largest absolute Gasteiger partial charge is 0.513 e. The van der Waals surface area contributed by atoms with E-state index in [1.807, 2.05) is 13.0 Å². The number of thiol groups is 1. The molecule has 0 aliphatic heterocycles. The van der Waals surface area contributed by atoms with Crippen LogP contribution in [0.2, 0.25) is 0 Å². The zero-order valence-corrected chi connectivity index (χ0v) is 14.7. The Morgan fingerprint density at radius 3 is 2.58 bits per heavy atom. The molecule has 0 fully saturated rings. The second-order valence-corrected chi connectivity index (χ2v) is 5.58. The van der Waals surface area contributed by atoms with Crippen LogP contribution in [-0.4, -0.2) is 13.3 Å². The predicted octanol–water partition coefficient (Wildman–Crippen LogP) is 4.60. The number of halogens is 1. The zero-order valence-electron chi connectivity index (χ0n) is 13.8. The second kappa shape index (κ2) is 8.06. The van der Waals surface area contributed by atoms with Gasteiger partial charge in [-0.05, 0) is 42.7 Å². The van der Waals surface area contributed by atoms with Crippen molar-refractivity contribution in [1.29, 1.82) is 0 Å². The highest BCUT2D eigenvalue weighted by atomic mass is 32.1. The summed E-state index contributed by atoms with van der Waals surface area (Å²) in [5.74, 6) is 0.886. The Bertz CT molecular complexity index is 746. The maximum Gasteiger partial charge on any atom is 0.513 e. The molecule has 0 spiro atoms. The molecule has 4 nitrogen and oxygen atoms in total.